The zero-order valence-electron chi connectivity index (χ0n) is 21.5. The molecule has 1 aliphatic heterocycles. The smallest absolute Gasteiger partial charge is 0.229 e. The molecule has 196 valence electrons. The van der Waals surface area contributed by atoms with Crippen LogP contribution in [0.1, 0.15) is 63.0 Å². The van der Waals surface area contributed by atoms with E-state index in [0.717, 1.165) is 57.0 Å². The number of hydrogen-bond acceptors (Lipinski definition) is 4. The number of rotatable bonds is 8. The molecule has 0 spiro atoms. The summed E-state index contributed by atoms with van der Waals surface area (Å²) in [6, 6.07) is 14.4. The number of carbonyl (C=O) groups excluding carboxylic acids is 1. The lowest BCUT2D eigenvalue weighted by molar-refractivity contribution is -0.133. The van der Waals surface area contributed by atoms with E-state index >= 15 is 0 Å². The van der Waals surface area contributed by atoms with Crippen LogP contribution in [0.15, 0.2) is 48.5 Å². The highest BCUT2D eigenvalue weighted by molar-refractivity contribution is 7.92. The second-order valence-corrected chi connectivity index (χ2v) is 12.6. The summed E-state index contributed by atoms with van der Waals surface area (Å²) in [5, 5.41) is 3.14. The first-order valence-corrected chi connectivity index (χ1v) is 14.8. The molecule has 2 N–H and O–H groups in total. The molecule has 0 aromatic heterocycles. The Balaban J connectivity index is 1.35. The average Bonchev–Trinajstić information content (AvgIpc) is 3.29. The van der Waals surface area contributed by atoms with Crippen molar-refractivity contribution in [3.63, 3.8) is 0 Å². The molecule has 1 heterocycles. The number of nitrogens with zero attached hydrogens (tertiary/aromatic N) is 1. The minimum Gasteiger partial charge on any atom is -0.352 e. The van der Waals surface area contributed by atoms with Gasteiger partial charge in [0.05, 0.1) is 11.7 Å². The molecule has 2 aromatic carbocycles. The van der Waals surface area contributed by atoms with Gasteiger partial charge in [0, 0.05) is 18.3 Å². The molecule has 1 saturated heterocycles. The Morgan fingerprint density at radius 3 is 2.44 bits per heavy atom. The van der Waals surface area contributed by atoms with E-state index in [1.54, 1.807) is 30.3 Å². The third-order valence-electron chi connectivity index (χ3n) is 8.15. The molecule has 8 heteroatoms. The van der Waals surface area contributed by atoms with Gasteiger partial charge < -0.3 is 10.2 Å². The van der Waals surface area contributed by atoms with Crippen LogP contribution in [0.2, 0.25) is 0 Å². The number of halogens is 1. The molecule has 1 aliphatic carbocycles. The van der Waals surface area contributed by atoms with E-state index in [9.17, 15) is 17.6 Å². The molecule has 1 saturated carbocycles. The van der Waals surface area contributed by atoms with Gasteiger partial charge in [0.1, 0.15) is 5.82 Å². The topological polar surface area (TPSA) is 78.5 Å². The highest BCUT2D eigenvalue weighted by atomic mass is 32.2. The van der Waals surface area contributed by atoms with E-state index in [1.165, 1.54) is 5.56 Å². The van der Waals surface area contributed by atoms with Crippen molar-refractivity contribution in [3.8, 4) is 0 Å². The summed E-state index contributed by atoms with van der Waals surface area (Å²) in [5.41, 5.74) is 2.16. The van der Waals surface area contributed by atoms with Crippen LogP contribution in [0.4, 0.5) is 10.1 Å². The van der Waals surface area contributed by atoms with E-state index in [-0.39, 0.29) is 17.6 Å². The van der Waals surface area contributed by atoms with Gasteiger partial charge in [-0.05, 0) is 92.4 Å². The SMILES string of the molecule is CC(C)C1(C(=O)NCc2cccc(NS(C)(=O)=O)c2)CCC(N2CCC(c3ccc(F)cc3)CC2)C1. The molecular formula is C28H38FN3O3S. The minimum absolute atomic E-state index is 0.0858. The molecule has 36 heavy (non-hydrogen) atoms. The molecule has 0 radical (unpaired) electrons. The van der Waals surface area contributed by atoms with Crippen LogP contribution in [0.25, 0.3) is 0 Å². The maximum atomic E-state index is 13.5. The molecule has 0 bridgehead atoms. The quantitative estimate of drug-likeness (QED) is 0.525. The van der Waals surface area contributed by atoms with Crippen molar-refractivity contribution in [2.45, 2.75) is 64.5 Å². The number of piperidine rings is 1. The fraction of sp³-hybridized carbons (Fsp3) is 0.536. The van der Waals surface area contributed by atoms with Gasteiger partial charge in [-0.1, -0.05) is 38.1 Å². The first kappa shape index (κ1) is 26.6. The Hall–Kier alpha value is -2.45. The lowest BCUT2D eigenvalue weighted by Crippen LogP contribution is -2.45. The van der Waals surface area contributed by atoms with Crippen LogP contribution < -0.4 is 10.0 Å². The molecule has 6 nitrogen and oxygen atoms in total. The van der Waals surface area contributed by atoms with Crippen molar-refractivity contribution in [1.82, 2.24) is 10.2 Å². The average molecular weight is 516 g/mol. The second-order valence-electron chi connectivity index (χ2n) is 10.8. The van der Waals surface area contributed by atoms with Crippen molar-refractivity contribution in [2.24, 2.45) is 11.3 Å². The summed E-state index contributed by atoms with van der Waals surface area (Å²) in [7, 11) is -3.35. The minimum atomic E-state index is -3.35. The lowest BCUT2D eigenvalue weighted by atomic mass is 9.74. The zero-order valence-corrected chi connectivity index (χ0v) is 22.3. The Morgan fingerprint density at radius 1 is 1.11 bits per heavy atom. The zero-order chi connectivity index (χ0) is 25.9. The molecule has 2 aromatic rings. The molecule has 2 atom stereocenters. The predicted octanol–water partition coefficient (Wildman–Crippen LogP) is 4.89. The Morgan fingerprint density at radius 2 is 1.81 bits per heavy atom. The van der Waals surface area contributed by atoms with E-state index in [4.69, 9.17) is 0 Å². The fourth-order valence-electron chi connectivity index (χ4n) is 6.00. The summed E-state index contributed by atoms with van der Waals surface area (Å²) in [6.45, 7) is 6.64. The Labute approximate surface area is 214 Å². The van der Waals surface area contributed by atoms with Gasteiger partial charge in [0.2, 0.25) is 15.9 Å². The van der Waals surface area contributed by atoms with Gasteiger partial charge in [-0.15, -0.1) is 0 Å². The van der Waals surface area contributed by atoms with Crippen LogP contribution in [0.5, 0.6) is 0 Å². The van der Waals surface area contributed by atoms with Crippen molar-refractivity contribution in [3.05, 3.63) is 65.5 Å². The van der Waals surface area contributed by atoms with Crippen LogP contribution >= 0.6 is 0 Å². The van der Waals surface area contributed by atoms with Gasteiger partial charge in [-0.3, -0.25) is 9.52 Å². The van der Waals surface area contributed by atoms with E-state index in [0.29, 0.717) is 24.2 Å². The highest BCUT2D eigenvalue weighted by Crippen LogP contribution is 2.47. The Bertz CT molecular complexity index is 1160. The van der Waals surface area contributed by atoms with E-state index in [2.05, 4.69) is 28.8 Å². The van der Waals surface area contributed by atoms with Crippen molar-refractivity contribution in [1.29, 1.82) is 0 Å². The molecule has 2 aliphatic rings. The number of anilines is 1. The number of carbonyl (C=O) groups is 1. The first-order valence-electron chi connectivity index (χ1n) is 12.9. The molecule has 2 fully saturated rings. The number of benzene rings is 2. The summed E-state index contributed by atoms with van der Waals surface area (Å²) in [4.78, 5) is 16.1. The Kier molecular flexibility index (Phi) is 8.05. The normalized spacial score (nSPS) is 23.6. The summed E-state index contributed by atoms with van der Waals surface area (Å²) in [6.07, 6.45) is 5.97. The number of hydrogen-bond donors (Lipinski definition) is 2. The summed E-state index contributed by atoms with van der Waals surface area (Å²) >= 11 is 0. The number of likely N-dealkylation sites (tertiary alicyclic amines) is 1. The van der Waals surface area contributed by atoms with Gasteiger partial charge in [0.25, 0.3) is 0 Å². The molecular weight excluding hydrogens is 477 g/mol. The van der Waals surface area contributed by atoms with Crippen molar-refractivity contribution >= 4 is 21.6 Å². The summed E-state index contributed by atoms with van der Waals surface area (Å²) < 4.78 is 38.8. The second kappa shape index (κ2) is 10.9. The standard InChI is InChI=1S/C28H38FN3O3S/c1-20(2)28(27(33)30-19-21-5-4-6-25(17-21)31-36(3,34)35)14-11-26(18-28)32-15-12-23(13-16-32)22-7-9-24(29)10-8-22/h4-10,17,20,23,26,31H,11-16,18-19H2,1-3H3,(H,30,33). The maximum Gasteiger partial charge on any atom is 0.229 e. The third kappa shape index (κ3) is 6.27. The van der Waals surface area contributed by atoms with Crippen molar-refractivity contribution < 1.29 is 17.6 Å². The lowest BCUT2D eigenvalue weighted by Gasteiger charge is -2.38. The van der Waals surface area contributed by atoms with Gasteiger partial charge in [0.15, 0.2) is 0 Å². The number of sulfonamides is 1. The maximum absolute atomic E-state index is 13.5. The van der Waals surface area contributed by atoms with E-state index in [1.807, 2.05) is 18.2 Å². The van der Waals surface area contributed by atoms with Crippen molar-refractivity contribution in [2.75, 3.05) is 24.1 Å². The third-order valence-corrected chi connectivity index (χ3v) is 8.76. The monoisotopic (exact) mass is 515 g/mol. The molecule has 2 unspecified atom stereocenters. The predicted molar refractivity (Wildman–Crippen MR) is 142 cm³/mol. The van der Waals surface area contributed by atoms with Gasteiger partial charge in [-0.2, -0.15) is 0 Å². The highest BCUT2D eigenvalue weighted by Gasteiger charge is 2.48. The summed E-state index contributed by atoms with van der Waals surface area (Å²) in [5.74, 6) is 0.582. The molecule has 1 amide bonds. The van der Waals surface area contributed by atoms with Gasteiger partial charge in [-0.25, -0.2) is 12.8 Å². The number of amides is 1. The van der Waals surface area contributed by atoms with Crippen LogP contribution in [-0.2, 0) is 21.4 Å². The fourth-order valence-corrected chi connectivity index (χ4v) is 6.56. The van der Waals surface area contributed by atoms with Crippen LogP contribution in [0, 0.1) is 17.2 Å². The van der Waals surface area contributed by atoms with E-state index < -0.39 is 15.4 Å². The van der Waals surface area contributed by atoms with Crippen LogP contribution in [-0.4, -0.2) is 44.6 Å². The first-order chi connectivity index (χ1) is 17.1. The van der Waals surface area contributed by atoms with Gasteiger partial charge >= 0.3 is 0 Å². The largest absolute Gasteiger partial charge is 0.352 e. The molecule has 4 rings (SSSR count). The number of nitrogens with one attached hydrogen (secondary N) is 2. The van der Waals surface area contributed by atoms with Crippen LogP contribution in [0.3, 0.4) is 0 Å².